The molecule has 2 N–H and O–H groups in total. The molecule has 0 aliphatic carbocycles. The van der Waals surface area contributed by atoms with Crippen molar-refractivity contribution in [2.45, 2.75) is 99.0 Å². The quantitative estimate of drug-likeness (QED) is 0.185. The minimum atomic E-state index is 0.650. The van der Waals surface area contributed by atoms with Gasteiger partial charge in [0, 0.05) is 19.1 Å². The summed E-state index contributed by atoms with van der Waals surface area (Å²) in [6.07, 6.45) is 14.4. The molecule has 2 fully saturated rings. The van der Waals surface area contributed by atoms with Gasteiger partial charge in [-0.05, 0) is 88.6 Å². The molecule has 0 aromatic heterocycles. The van der Waals surface area contributed by atoms with E-state index in [0.29, 0.717) is 10.7 Å². The second-order valence-corrected chi connectivity index (χ2v) is 11.5. The monoisotopic (exact) mass is 513 g/mol. The van der Waals surface area contributed by atoms with Gasteiger partial charge in [-0.3, -0.25) is 4.79 Å². The Kier molecular flexibility index (Phi) is 20.9. The lowest BCUT2D eigenvalue weighted by molar-refractivity contribution is -0.119. The van der Waals surface area contributed by atoms with Crippen LogP contribution in [-0.4, -0.2) is 60.8 Å². The van der Waals surface area contributed by atoms with Crippen molar-refractivity contribution >= 4 is 32.3 Å². The molecular formula is C28H53ClN3OP. The van der Waals surface area contributed by atoms with Gasteiger partial charge in [0.25, 0.3) is 0 Å². The molecule has 0 radical (unpaired) electrons. The van der Waals surface area contributed by atoms with E-state index in [0.717, 1.165) is 36.7 Å². The number of unbranched alkanes of at least 4 members (excludes halogenated alkanes) is 1. The predicted octanol–water partition coefficient (Wildman–Crippen LogP) is 7.53. The lowest BCUT2D eigenvalue weighted by Crippen LogP contribution is -2.46. The number of amides is 1. The Labute approximate surface area is 218 Å². The summed E-state index contributed by atoms with van der Waals surface area (Å²) in [5.41, 5.74) is 8.50. The Bertz CT molecular complexity index is 603. The van der Waals surface area contributed by atoms with Crippen molar-refractivity contribution in [1.29, 1.82) is 0 Å². The first kappa shape index (κ1) is 33.2. The molecule has 34 heavy (non-hydrogen) atoms. The van der Waals surface area contributed by atoms with Crippen LogP contribution in [0.2, 0.25) is 5.02 Å². The summed E-state index contributed by atoms with van der Waals surface area (Å²) >= 11 is 5.79. The highest BCUT2D eigenvalue weighted by atomic mass is 35.5. The van der Waals surface area contributed by atoms with Gasteiger partial charge in [-0.25, -0.2) is 0 Å². The molecule has 1 aromatic rings. The summed E-state index contributed by atoms with van der Waals surface area (Å²) in [6.45, 7) is 17.2. The third-order valence-corrected chi connectivity index (χ3v) is 7.51. The Hall–Kier alpha value is -0.830. The molecule has 1 unspecified atom stereocenters. The molecule has 2 heterocycles. The molecule has 1 aromatic carbocycles. The van der Waals surface area contributed by atoms with Crippen molar-refractivity contribution in [2.24, 2.45) is 0 Å². The summed E-state index contributed by atoms with van der Waals surface area (Å²) in [5.74, 6) is 0. The summed E-state index contributed by atoms with van der Waals surface area (Å²) in [6, 6.07) is 4.64. The number of rotatable bonds is 6. The van der Waals surface area contributed by atoms with Crippen molar-refractivity contribution in [3.8, 4) is 0 Å². The van der Waals surface area contributed by atoms with E-state index in [1.165, 1.54) is 85.4 Å². The lowest BCUT2D eigenvalue weighted by Gasteiger charge is -2.39. The fraction of sp³-hybridized carbons (Fsp3) is 0.750. The van der Waals surface area contributed by atoms with Gasteiger partial charge in [-0.1, -0.05) is 64.6 Å². The molecule has 2 saturated heterocycles. The second-order valence-electron chi connectivity index (χ2n) is 9.36. The van der Waals surface area contributed by atoms with Crippen molar-refractivity contribution in [1.82, 2.24) is 9.80 Å². The Morgan fingerprint density at radius 3 is 2.09 bits per heavy atom. The van der Waals surface area contributed by atoms with Crippen LogP contribution in [0, 0.1) is 13.8 Å². The van der Waals surface area contributed by atoms with E-state index in [9.17, 15) is 4.79 Å². The maximum atomic E-state index is 10.6. The number of piperidine rings is 2. The van der Waals surface area contributed by atoms with Crippen molar-refractivity contribution in [2.75, 3.05) is 44.2 Å². The Morgan fingerprint density at radius 2 is 1.62 bits per heavy atom. The maximum absolute atomic E-state index is 10.6. The third-order valence-electron chi connectivity index (χ3n) is 5.99. The highest BCUT2D eigenvalue weighted by molar-refractivity contribution is 7.37. The first-order valence-corrected chi connectivity index (χ1v) is 15.3. The molecular weight excluding hydrogens is 461 g/mol. The van der Waals surface area contributed by atoms with E-state index >= 15 is 0 Å². The van der Waals surface area contributed by atoms with Crippen LogP contribution < -0.4 is 5.73 Å². The summed E-state index contributed by atoms with van der Waals surface area (Å²) in [7, 11) is 1.22. The Morgan fingerprint density at radius 1 is 1.03 bits per heavy atom. The number of nitrogens with two attached hydrogens (primary N) is 1. The summed E-state index contributed by atoms with van der Waals surface area (Å²) in [5, 5.41) is 0.650. The first-order valence-electron chi connectivity index (χ1n) is 13.5. The molecule has 1 atom stereocenters. The number of nitrogen functional groups attached to an aromatic ring is 1. The fourth-order valence-electron chi connectivity index (χ4n) is 4.05. The van der Waals surface area contributed by atoms with Crippen LogP contribution in [0.4, 0.5) is 5.69 Å². The van der Waals surface area contributed by atoms with Crippen molar-refractivity contribution in [3.63, 3.8) is 0 Å². The molecule has 0 saturated carbocycles. The van der Waals surface area contributed by atoms with Crippen LogP contribution in [0.5, 0.6) is 0 Å². The Balaban J connectivity index is 0.000000480. The number of likely N-dealkylation sites (tertiary alicyclic amines) is 2. The van der Waals surface area contributed by atoms with Gasteiger partial charge in [-0.2, -0.15) is 0 Å². The normalized spacial score (nSPS) is 16.6. The predicted molar refractivity (Wildman–Crippen MR) is 156 cm³/mol. The van der Waals surface area contributed by atoms with Crippen molar-refractivity contribution in [3.05, 3.63) is 28.3 Å². The molecule has 6 heteroatoms. The average molecular weight is 514 g/mol. The number of carbonyl (C=O) groups excluding carboxylic acids is 1. The maximum Gasteiger partial charge on any atom is 0.209 e. The molecule has 3 rings (SSSR count). The smallest absolute Gasteiger partial charge is 0.209 e. The number of carbonyl (C=O) groups is 1. The number of hydrogen-bond donors (Lipinski definition) is 1. The summed E-state index contributed by atoms with van der Waals surface area (Å²) in [4.78, 5) is 15.1. The average Bonchev–Trinajstić information content (AvgIpc) is 2.85. The van der Waals surface area contributed by atoms with Gasteiger partial charge >= 0.3 is 0 Å². The van der Waals surface area contributed by atoms with Crippen LogP contribution >= 0.6 is 20.2 Å². The number of anilines is 1. The zero-order chi connectivity index (χ0) is 25.8. The minimum Gasteiger partial charge on any atom is -0.397 e. The van der Waals surface area contributed by atoms with Gasteiger partial charge < -0.3 is 15.5 Å². The summed E-state index contributed by atoms with van der Waals surface area (Å²) < 4.78 is 0. The van der Waals surface area contributed by atoms with E-state index < -0.39 is 0 Å². The third kappa shape index (κ3) is 15.2. The van der Waals surface area contributed by atoms with Gasteiger partial charge in [0.05, 0.1) is 10.7 Å². The van der Waals surface area contributed by atoms with E-state index in [-0.39, 0.29) is 0 Å². The highest BCUT2D eigenvalue weighted by Crippen LogP contribution is 2.23. The van der Waals surface area contributed by atoms with E-state index in [1.54, 1.807) is 0 Å². The molecule has 2 aliphatic heterocycles. The highest BCUT2D eigenvalue weighted by Gasteiger charge is 2.24. The van der Waals surface area contributed by atoms with E-state index in [2.05, 4.69) is 32.6 Å². The SMILES string of the molecule is CCC.CCCCPCC.Cc1cc(C)c(N)c(Cl)c1.O=CN1CCC(N2CCCCC2)CC1. The number of nitrogens with zero attached hydrogens (tertiary/aromatic N) is 2. The van der Waals surface area contributed by atoms with Crippen LogP contribution in [0.3, 0.4) is 0 Å². The molecule has 198 valence electrons. The molecule has 0 bridgehead atoms. The first-order chi connectivity index (χ1) is 16.3. The van der Waals surface area contributed by atoms with Crippen LogP contribution in [0.15, 0.2) is 12.1 Å². The van der Waals surface area contributed by atoms with Gasteiger partial charge in [0.2, 0.25) is 6.41 Å². The number of benzene rings is 1. The zero-order valence-electron chi connectivity index (χ0n) is 23.0. The van der Waals surface area contributed by atoms with Crippen molar-refractivity contribution < 1.29 is 4.79 Å². The van der Waals surface area contributed by atoms with Gasteiger partial charge in [0.1, 0.15) is 0 Å². The largest absolute Gasteiger partial charge is 0.397 e. The van der Waals surface area contributed by atoms with Crippen LogP contribution in [0.25, 0.3) is 0 Å². The minimum absolute atomic E-state index is 0.650. The number of hydrogen-bond acceptors (Lipinski definition) is 3. The van der Waals surface area contributed by atoms with Crippen LogP contribution in [-0.2, 0) is 4.79 Å². The fourth-order valence-corrected chi connectivity index (χ4v) is 5.32. The topological polar surface area (TPSA) is 49.6 Å². The van der Waals surface area contributed by atoms with E-state index in [4.69, 9.17) is 17.3 Å². The molecule has 4 nitrogen and oxygen atoms in total. The van der Waals surface area contributed by atoms with E-state index in [1.807, 2.05) is 30.9 Å². The molecule has 2 aliphatic rings. The molecule has 1 amide bonds. The lowest BCUT2D eigenvalue weighted by atomic mass is 10.0. The number of halogens is 1. The molecule has 0 spiro atoms. The van der Waals surface area contributed by atoms with Gasteiger partial charge in [0.15, 0.2) is 0 Å². The second kappa shape index (κ2) is 21.5. The van der Waals surface area contributed by atoms with Crippen LogP contribution in [0.1, 0.15) is 90.2 Å². The standard InChI is InChI=1S/C11H20N2O.C8H10ClN.C6H15P.C3H8/c14-10-12-8-4-11(5-9-12)13-6-2-1-3-7-13;1-5-3-6(2)8(10)7(9)4-5;1-3-5-6-7-4-2;1-3-2/h10-11H,1-9H2;3-4H,10H2,1-2H3;7H,3-6H2,1-2H3;3H2,1-2H3. The zero-order valence-corrected chi connectivity index (χ0v) is 24.7. The van der Waals surface area contributed by atoms with Gasteiger partial charge in [-0.15, -0.1) is 8.58 Å². The number of aryl methyl sites for hydroxylation is 2.